The van der Waals surface area contributed by atoms with Gasteiger partial charge in [-0.2, -0.15) is 0 Å². The quantitative estimate of drug-likeness (QED) is 0.471. The van der Waals surface area contributed by atoms with Crippen molar-refractivity contribution < 1.29 is 9.13 Å². The molecule has 11 heavy (non-hydrogen) atoms. The number of aliphatic imine (C=N–C) groups is 1. The van der Waals surface area contributed by atoms with Crippen LogP contribution in [-0.2, 0) is 4.74 Å². The lowest BCUT2D eigenvalue weighted by Crippen LogP contribution is -1.75. The van der Waals surface area contributed by atoms with Crippen molar-refractivity contribution >= 4 is 12.1 Å². The van der Waals surface area contributed by atoms with E-state index >= 15 is 0 Å². The number of methoxy groups -OCH3 is 1. The van der Waals surface area contributed by atoms with Gasteiger partial charge in [0.2, 0.25) is 0 Å². The topological polar surface area (TPSA) is 21.6 Å². The molecule has 1 aromatic carbocycles. The van der Waals surface area contributed by atoms with Gasteiger partial charge in [-0.25, -0.2) is 9.38 Å². The largest absolute Gasteiger partial charge is 0.486 e. The SMILES string of the molecule is COC=Nc1ccc(F)cc1. The first-order chi connectivity index (χ1) is 5.33. The van der Waals surface area contributed by atoms with E-state index in [-0.39, 0.29) is 5.82 Å². The molecule has 0 saturated carbocycles. The molecule has 58 valence electrons. The lowest BCUT2D eigenvalue weighted by atomic mass is 10.3. The summed E-state index contributed by atoms with van der Waals surface area (Å²) >= 11 is 0. The molecule has 0 N–H and O–H groups in total. The molecule has 3 heteroatoms. The number of rotatable bonds is 2. The van der Waals surface area contributed by atoms with Gasteiger partial charge < -0.3 is 4.74 Å². The molecule has 1 rings (SSSR count). The van der Waals surface area contributed by atoms with Gasteiger partial charge in [0, 0.05) is 0 Å². The van der Waals surface area contributed by atoms with E-state index in [2.05, 4.69) is 9.73 Å². The molecule has 0 bridgehead atoms. The highest BCUT2D eigenvalue weighted by Crippen LogP contribution is 2.10. The Bertz CT molecular complexity index is 243. The predicted octanol–water partition coefficient (Wildman–Crippen LogP) is 2.13. The van der Waals surface area contributed by atoms with Crippen LogP contribution in [0.1, 0.15) is 0 Å². The van der Waals surface area contributed by atoms with E-state index in [1.165, 1.54) is 25.6 Å². The Labute approximate surface area is 64.3 Å². The van der Waals surface area contributed by atoms with Crippen LogP contribution >= 0.6 is 0 Å². The Morgan fingerprint density at radius 3 is 2.55 bits per heavy atom. The van der Waals surface area contributed by atoms with Crippen LogP contribution < -0.4 is 0 Å². The van der Waals surface area contributed by atoms with E-state index in [1.54, 1.807) is 12.1 Å². The minimum atomic E-state index is -0.263. The first-order valence-electron chi connectivity index (χ1n) is 3.14. The number of benzene rings is 1. The summed E-state index contributed by atoms with van der Waals surface area (Å²) in [6.07, 6.45) is 1.30. The average Bonchev–Trinajstić information content (AvgIpc) is 2.04. The van der Waals surface area contributed by atoms with Crippen molar-refractivity contribution in [1.29, 1.82) is 0 Å². The second kappa shape index (κ2) is 3.71. The Balaban J connectivity index is 2.73. The summed E-state index contributed by atoms with van der Waals surface area (Å²) in [7, 11) is 1.51. The van der Waals surface area contributed by atoms with Crippen molar-refractivity contribution in [3.8, 4) is 0 Å². The monoisotopic (exact) mass is 153 g/mol. The fraction of sp³-hybridized carbons (Fsp3) is 0.125. The molecule has 0 saturated heterocycles. The minimum Gasteiger partial charge on any atom is -0.486 e. The number of hydrogen-bond donors (Lipinski definition) is 0. The van der Waals surface area contributed by atoms with Crippen molar-refractivity contribution in [2.45, 2.75) is 0 Å². The van der Waals surface area contributed by atoms with Crippen LogP contribution in [0.3, 0.4) is 0 Å². The molecule has 0 heterocycles. The maximum absolute atomic E-state index is 12.3. The first-order valence-corrected chi connectivity index (χ1v) is 3.14. The highest BCUT2D eigenvalue weighted by atomic mass is 19.1. The summed E-state index contributed by atoms with van der Waals surface area (Å²) < 4.78 is 16.9. The molecule has 1 aromatic rings. The summed E-state index contributed by atoms with van der Waals surface area (Å²) in [5.74, 6) is -0.263. The van der Waals surface area contributed by atoms with Crippen molar-refractivity contribution in [2.75, 3.05) is 7.11 Å². The van der Waals surface area contributed by atoms with Crippen molar-refractivity contribution in [3.05, 3.63) is 30.1 Å². The van der Waals surface area contributed by atoms with Crippen LogP contribution in [0.25, 0.3) is 0 Å². The van der Waals surface area contributed by atoms with Gasteiger partial charge in [-0.1, -0.05) is 0 Å². The lowest BCUT2D eigenvalue weighted by molar-refractivity contribution is 0.423. The van der Waals surface area contributed by atoms with Gasteiger partial charge in [-0.05, 0) is 24.3 Å². The third-order valence-electron chi connectivity index (χ3n) is 1.13. The zero-order valence-electron chi connectivity index (χ0n) is 6.12. The predicted molar refractivity (Wildman–Crippen MR) is 41.6 cm³/mol. The van der Waals surface area contributed by atoms with Gasteiger partial charge in [0.25, 0.3) is 0 Å². The van der Waals surface area contributed by atoms with Crippen LogP contribution in [0.2, 0.25) is 0 Å². The second-order valence-corrected chi connectivity index (χ2v) is 1.95. The number of halogens is 1. The molecule has 0 amide bonds. The van der Waals surface area contributed by atoms with Crippen molar-refractivity contribution in [1.82, 2.24) is 0 Å². The summed E-state index contributed by atoms with van der Waals surface area (Å²) in [6.45, 7) is 0. The Morgan fingerprint density at radius 1 is 1.36 bits per heavy atom. The van der Waals surface area contributed by atoms with Gasteiger partial charge >= 0.3 is 0 Å². The van der Waals surface area contributed by atoms with Gasteiger partial charge in [0.1, 0.15) is 5.82 Å². The van der Waals surface area contributed by atoms with Gasteiger partial charge in [-0.15, -0.1) is 0 Å². The third-order valence-corrected chi connectivity index (χ3v) is 1.13. The van der Waals surface area contributed by atoms with Crippen LogP contribution in [0.5, 0.6) is 0 Å². The zero-order valence-corrected chi connectivity index (χ0v) is 6.12. The number of hydrogen-bond acceptors (Lipinski definition) is 2. The van der Waals surface area contributed by atoms with Crippen LogP contribution in [0.15, 0.2) is 29.3 Å². The third kappa shape index (κ3) is 2.37. The van der Waals surface area contributed by atoms with Gasteiger partial charge in [-0.3, -0.25) is 0 Å². The van der Waals surface area contributed by atoms with Gasteiger partial charge in [0.15, 0.2) is 6.40 Å². The van der Waals surface area contributed by atoms with E-state index < -0.39 is 0 Å². The molecule has 2 nitrogen and oxygen atoms in total. The van der Waals surface area contributed by atoms with E-state index in [0.717, 1.165) is 0 Å². The van der Waals surface area contributed by atoms with Crippen molar-refractivity contribution in [2.24, 2.45) is 4.99 Å². The Kier molecular flexibility index (Phi) is 2.60. The molecule has 0 aliphatic heterocycles. The van der Waals surface area contributed by atoms with Gasteiger partial charge in [0.05, 0.1) is 12.8 Å². The first kappa shape index (κ1) is 7.72. The molecule has 0 atom stereocenters. The normalized spacial score (nSPS) is 10.4. The summed E-state index contributed by atoms with van der Waals surface area (Å²) in [5, 5.41) is 0. The molecule has 0 fully saturated rings. The molecular formula is C8H8FNO. The summed E-state index contributed by atoms with van der Waals surface area (Å²) in [6, 6.07) is 5.85. The fourth-order valence-electron chi connectivity index (χ4n) is 0.641. The van der Waals surface area contributed by atoms with Crippen LogP contribution in [0, 0.1) is 5.82 Å². The highest BCUT2D eigenvalue weighted by molar-refractivity contribution is 5.55. The van der Waals surface area contributed by atoms with Crippen molar-refractivity contribution in [3.63, 3.8) is 0 Å². The fourth-order valence-corrected chi connectivity index (χ4v) is 0.641. The molecular weight excluding hydrogens is 145 g/mol. The van der Waals surface area contributed by atoms with Crippen LogP contribution in [0.4, 0.5) is 10.1 Å². The lowest BCUT2D eigenvalue weighted by Gasteiger charge is -1.91. The summed E-state index contributed by atoms with van der Waals surface area (Å²) in [5.41, 5.74) is 0.674. The standard InChI is InChI=1S/C8H8FNO/c1-11-6-10-8-4-2-7(9)3-5-8/h2-6H,1H3. The summed E-state index contributed by atoms with van der Waals surface area (Å²) in [4.78, 5) is 3.85. The molecule has 0 aromatic heterocycles. The smallest absolute Gasteiger partial charge is 0.174 e. The Morgan fingerprint density at radius 2 is 2.00 bits per heavy atom. The second-order valence-electron chi connectivity index (χ2n) is 1.95. The highest BCUT2D eigenvalue weighted by Gasteiger charge is 1.88. The minimum absolute atomic E-state index is 0.263. The van der Waals surface area contributed by atoms with E-state index in [0.29, 0.717) is 5.69 Å². The molecule has 0 unspecified atom stereocenters. The molecule has 0 aliphatic carbocycles. The number of ether oxygens (including phenoxy) is 1. The van der Waals surface area contributed by atoms with Crippen LogP contribution in [-0.4, -0.2) is 13.5 Å². The Hall–Kier alpha value is -1.38. The zero-order chi connectivity index (χ0) is 8.10. The average molecular weight is 153 g/mol. The van der Waals surface area contributed by atoms with E-state index in [4.69, 9.17) is 0 Å². The molecule has 0 aliphatic rings. The van der Waals surface area contributed by atoms with E-state index in [9.17, 15) is 4.39 Å². The van der Waals surface area contributed by atoms with E-state index in [1.807, 2.05) is 0 Å². The molecule has 0 radical (unpaired) electrons. The molecule has 0 spiro atoms. The maximum atomic E-state index is 12.3. The maximum Gasteiger partial charge on any atom is 0.174 e. The number of nitrogens with zero attached hydrogens (tertiary/aromatic N) is 1.